The summed E-state index contributed by atoms with van der Waals surface area (Å²) < 4.78 is 5.28. The Morgan fingerprint density at radius 3 is 3.15 bits per heavy atom. The van der Waals surface area contributed by atoms with Gasteiger partial charge in [0, 0.05) is 17.2 Å². The predicted octanol–water partition coefficient (Wildman–Crippen LogP) is 1.69. The molecular formula is C10H14O2S. The van der Waals surface area contributed by atoms with Gasteiger partial charge in [-0.2, -0.15) is 0 Å². The second kappa shape index (κ2) is 3.40. The zero-order chi connectivity index (χ0) is 9.31. The lowest BCUT2D eigenvalue weighted by Gasteiger charge is -2.24. The van der Waals surface area contributed by atoms with Crippen molar-refractivity contribution in [1.82, 2.24) is 0 Å². The van der Waals surface area contributed by atoms with E-state index in [0.29, 0.717) is 13.2 Å². The average molecular weight is 198 g/mol. The number of thiophene rings is 1. The lowest BCUT2D eigenvalue weighted by atomic mass is 9.89. The summed E-state index contributed by atoms with van der Waals surface area (Å²) in [5.41, 5.74) is -0.634. The van der Waals surface area contributed by atoms with Crippen LogP contribution in [0.2, 0.25) is 0 Å². The predicted molar refractivity (Wildman–Crippen MR) is 53.0 cm³/mol. The van der Waals surface area contributed by atoms with E-state index in [-0.39, 0.29) is 5.92 Å². The summed E-state index contributed by atoms with van der Waals surface area (Å²) >= 11 is 1.69. The number of aliphatic hydroxyl groups is 1. The van der Waals surface area contributed by atoms with Crippen LogP contribution in [0.25, 0.3) is 0 Å². The fourth-order valence-electron chi connectivity index (χ4n) is 1.65. The van der Waals surface area contributed by atoms with Gasteiger partial charge in [-0.3, -0.25) is 0 Å². The molecule has 1 N–H and O–H groups in total. The summed E-state index contributed by atoms with van der Waals surface area (Å²) in [7, 11) is 0. The maximum absolute atomic E-state index is 10.2. The van der Waals surface area contributed by atoms with E-state index in [0.717, 1.165) is 6.42 Å². The fourth-order valence-corrected chi connectivity index (χ4v) is 2.47. The van der Waals surface area contributed by atoms with E-state index in [4.69, 9.17) is 4.74 Å². The molecule has 2 unspecified atom stereocenters. The molecule has 2 rings (SSSR count). The van der Waals surface area contributed by atoms with Crippen LogP contribution in [0.1, 0.15) is 11.8 Å². The number of ether oxygens (including phenoxy) is 1. The van der Waals surface area contributed by atoms with Gasteiger partial charge in [0.05, 0.1) is 18.8 Å². The monoisotopic (exact) mass is 198 g/mol. The van der Waals surface area contributed by atoms with Gasteiger partial charge >= 0.3 is 0 Å². The maximum Gasteiger partial charge on any atom is 0.0975 e. The highest BCUT2D eigenvalue weighted by molar-refractivity contribution is 7.09. The largest absolute Gasteiger partial charge is 0.387 e. The second-order valence-corrected chi connectivity index (χ2v) is 4.81. The molecule has 72 valence electrons. The van der Waals surface area contributed by atoms with Gasteiger partial charge < -0.3 is 9.84 Å². The molecule has 0 radical (unpaired) electrons. The first kappa shape index (κ1) is 9.19. The summed E-state index contributed by atoms with van der Waals surface area (Å²) in [4.78, 5) is 1.24. The highest BCUT2D eigenvalue weighted by Crippen LogP contribution is 2.30. The summed E-state index contributed by atoms with van der Waals surface area (Å²) in [6.07, 6.45) is 0.728. The van der Waals surface area contributed by atoms with Crippen molar-refractivity contribution < 1.29 is 9.84 Å². The molecule has 3 heteroatoms. The molecule has 1 aromatic heterocycles. The molecule has 1 aliphatic heterocycles. The van der Waals surface area contributed by atoms with Gasteiger partial charge in [0.1, 0.15) is 0 Å². The van der Waals surface area contributed by atoms with Gasteiger partial charge in [-0.15, -0.1) is 11.3 Å². The highest BCUT2D eigenvalue weighted by atomic mass is 32.1. The molecule has 0 aromatic carbocycles. The topological polar surface area (TPSA) is 29.5 Å². The molecule has 0 saturated carbocycles. The Bertz CT molecular complexity index is 270. The summed E-state index contributed by atoms with van der Waals surface area (Å²) in [6, 6.07) is 4.08. The van der Waals surface area contributed by atoms with Gasteiger partial charge in [0.25, 0.3) is 0 Å². The molecule has 0 amide bonds. The maximum atomic E-state index is 10.2. The van der Waals surface area contributed by atoms with E-state index in [1.54, 1.807) is 11.3 Å². The molecule has 1 saturated heterocycles. The summed E-state index contributed by atoms with van der Waals surface area (Å²) in [5, 5.41) is 12.3. The summed E-state index contributed by atoms with van der Waals surface area (Å²) in [6.45, 7) is 3.20. The molecule has 0 spiro atoms. The minimum atomic E-state index is -0.634. The molecule has 2 nitrogen and oxygen atoms in total. The standard InChI is InChI=1S/C10H14O2S/c1-8-6-12-7-10(8,11)5-9-3-2-4-13-9/h2-4,8,11H,5-7H2,1H3. The molecular weight excluding hydrogens is 184 g/mol. The third-order valence-corrected chi connectivity index (χ3v) is 3.57. The van der Waals surface area contributed by atoms with E-state index in [9.17, 15) is 5.11 Å². The van der Waals surface area contributed by atoms with Crippen LogP contribution >= 0.6 is 11.3 Å². The fraction of sp³-hybridized carbons (Fsp3) is 0.600. The van der Waals surface area contributed by atoms with Crippen molar-refractivity contribution in [2.24, 2.45) is 5.92 Å². The van der Waals surface area contributed by atoms with Crippen molar-refractivity contribution >= 4 is 11.3 Å². The van der Waals surface area contributed by atoms with Crippen LogP contribution in [0, 0.1) is 5.92 Å². The van der Waals surface area contributed by atoms with Crippen molar-refractivity contribution in [3.63, 3.8) is 0 Å². The van der Waals surface area contributed by atoms with Gasteiger partial charge in [0.15, 0.2) is 0 Å². The van der Waals surface area contributed by atoms with Crippen molar-refractivity contribution in [1.29, 1.82) is 0 Å². The molecule has 2 atom stereocenters. The molecule has 1 aliphatic rings. The molecule has 13 heavy (non-hydrogen) atoms. The highest BCUT2D eigenvalue weighted by Gasteiger charge is 2.39. The lowest BCUT2D eigenvalue weighted by molar-refractivity contribution is 0.00644. The first-order chi connectivity index (χ1) is 6.21. The van der Waals surface area contributed by atoms with Crippen LogP contribution in [-0.2, 0) is 11.2 Å². The van der Waals surface area contributed by atoms with Crippen LogP contribution in [0.3, 0.4) is 0 Å². The minimum Gasteiger partial charge on any atom is -0.387 e. The van der Waals surface area contributed by atoms with Crippen LogP contribution < -0.4 is 0 Å². The SMILES string of the molecule is CC1COCC1(O)Cc1cccs1. The zero-order valence-electron chi connectivity index (χ0n) is 7.69. The molecule has 0 bridgehead atoms. The Hall–Kier alpha value is -0.380. The third-order valence-electron chi connectivity index (χ3n) is 2.70. The van der Waals surface area contributed by atoms with Crippen molar-refractivity contribution in [3.8, 4) is 0 Å². The Kier molecular flexibility index (Phi) is 2.41. The zero-order valence-corrected chi connectivity index (χ0v) is 8.51. The quantitative estimate of drug-likeness (QED) is 0.783. The van der Waals surface area contributed by atoms with Crippen molar-refractivity contribution in [2.45, 2.75) is 18.9 Å². The van der Waals surface area contributed by atoms with Crippen molar-refractivity contribution in [2.75, 3.05) is 13.2 Å². The Morgan fingerprint density at radius 1 is 1.77 bits per heavy atom. The lowest BCUT2D eigenvalue weighted by Crippen LogP contribution is -2.37. The molecule has 2 heterocycles. The Labute approximate surface area is 82.2 Å². The van der Waals surface area contributed by atoms with Gasteiger partial charge in [-0.25, -0.2) is 0 Å². The smallest absolute Gasteiger partial charge is 0.0975 e. The summed E-state index contributed by atoms with van der Waals surface area (Å²) in [5.74, 6) is 0.245. The first-order valence-electron chi connectivity index (χ1n) is 4.53. The number of hydrogen-bond acceptors (Lipinski definition) is 3. The van der Waals surface area contributed by atoms with Crippen LogP contribution in [0.15, 0.2) is 17.5 Å². The van der Waals surface area contributed by atoms with E-state index < -0.39 is 5.60 Å². The molecule has 0 aliphatic carbocycles. The van der Waals surface area contributed by atoms with E-state index in [1.807, 2.05) is 18.4 Å². The Balaban J connectivity index is 2.08. The van der Waals surface area contributed by atoms with E-state index in [2.05, 4.69) is 6.07 Å². The minimum absolute atomic E-state index is 0.245. The van der Waals surface area contributed by atoms with Crippen LogP contribution in [0.4, 0.5) is 0 Å². The van der Waals surface area contributed by atoms with Gasteiger partial charge in [0.2, 0.25) is 0 Å². The van der Waals surface area contributed by atoms with Gasteiger partial charge in [-0.05, 0) is 11.4 Å². The number of hydrogen-bond donors (Lipinski definition) is 1. The normalized spacial score (nSPS) is 33.8. The Morgan fingerprint density at radius 2 is 2.62 bits per heavy atom. The number of rotatable bonds is 2. The first-order valence-corrected chi connectivity index (χ1v) is 5.41. The van der Waals surface area contributed by atoms with Crippen molar-refractivity contribution in [3.05, 3.63) is 22.4 Å². The van der Waals surface area contributed by atoms with Crippen LogP contribution in [-0.4, -0.2) is 23.9 Å². The second-order valence-electron chi connectivity index (χ2n) is 3.78. The van der Waals surface area contributed by atoms with E-state index >= 15 is 0 Å². The molecule has 1 aromatic rings. The average Bonchev–Trinajstić information content (AvgIpc) is 2.65. The molecule has 1 fully saturated rings. The van der Waals surface area contributed by atoms with Crippen LogP contribution in [0.5, 0.6) is 0 Å². The van der Waals surface area contributed by atoms with Gasteiger partial charge in [-0.1, -0.05) is 13.0 Å². The van der Waals surface area contributed by atoms with E-state index in [1.165, 1.54) is 4.88 Å². The third kappa shape index (κ3) is 1.77.